The lowest BCUT2D eigenvalue weighted by Gasteiger charge is -2.11. The molecule has 0 spiro atoms. The Hall–Kier alpha value is -2.55. The van der Waals surface area contributed by atoms with Gasteiger partial charge >= 0.3 is 6.18 Å². The first-order chi connectivity index (χ1) is 10.9. The predicted molar refractivity (Wildman–Crippen MR) is 77.7 cm³/mol. The standard InChI is InChI=1S/C14H9F3N4OS/c15-14(16,17)9-5-6-19-12(21-9)10(11(18)22)13-20-7-3-1-2-4-8(7)23-13/h1-6,10H,(H2,18,22). The molecular weight excluding hydrogens is 329 g/mol. The van der Waals surface area contributed by atoms with Gasteiger partial charge in [-0.1, -0.05) is 12.1 Å². The van der Waals surface area contributed by atoms with Crippen LogP contribution < -0.4 is 5.73 Å². The smallest absolute Gasteiger partial charge is 0.369 e. The number of thiazole rings is 1. The fourth-order valence-corrected chi connectivity index (χ4v) is 3.12. The van der Waals surface area contributed by atoms with E-state index in [-0.39, 0.29) is 10.8 Å². The number of primary amides is 1. The van der Waals surface area contributed by atoms with Crippen LogP contribution in [0.15, 0.2) is 36.5 Å². The van der Waals surface area contributed by atoms with Gasteiger partial charge in [-0.05, 0) is 18.2 Å². The molecule has 2 aromatic heterocycles. The van der Waals surface area contributed by atoms with Crippen molar-refractivity contribution < 1.29 is 18.0 Å². The molecular formula is C14H9F3N4OS. The molecule has 23 heavy (non-hydrogen) atoms. The summed E-state index contributed by atoms with van der Waals surface area (Å²) < 4.78 is 39.1. The second-order valence-electron chi connectivity index (χ2n) is 4.65. The number of aromatic nitrogens is 3. The number of rotatable bonds is 3. The molecule has 1 amide bonds. The first kappa shape index (κ1) is 15.3. The van der Waals surface area contributed by atoms with E-state index in [1.165, 1.54) is 11.3 Å². The van der Waals surface area contributed by atoms with Gasteiger partial charge in [-0.3, -0.25) is 4.79 Å². The maximum absolute atomic E-state index is 12.8. The molecule has 0 fully saturated rings. The highest BCUT2D eigenvalue weighted by Crippen LogP contribution is 2.32. The van der Waals surface area contributed by atoms with E-state index in [1.807, 2.05) is 0 Å². The summed E-state index contributed by atoms with van der Waals surface area (Å²) in [4.78, 5) is 23.2. The van der Waals surface area contributed by atoms with Crippen molar-refractivity contribution in [2.45, 2.75) is 12.1 Å². The minimum Gasteiger partial charge on any atom is -0.369 e. The van der Waals surface area contributed by atoms with Crippen LogP contribution in [0.3, 0.4) is 0 Å². The number of carbonyl (C=O) groups excluding carboxylic acids is 1. The van der Waals surface area contributed by atoms with Crippen LogP contribution >= 0.6 is 11.3 Å². The molecule has 0 aliphatic heterocycles. The molecule has 5 nitrogen and oxygen atoms in total. The van der Waals surface area contributed by atoms with Crippen LogP contribution in [0.1, 0.15) is 22.4 Å². The van der Waals surface area contributed by atoms with E-state index >= 15 is 0 Å². The van der Waals surface area contributed by atoms with Crippen LogP contribution in [0.5, 0.6) is 0 Å². The molecule has 0 bridgehead atoms. The Morgan fingerprint density at radius 3 is 2.57 bits per heavy atom. The topological polar surface area (TPSA) is 81.8 Å². The fraction of sp³-hybridized carbons (Fsp3) is 0.143. The number of halogens is 3. The molecule has 118 valence electrons. The maximum Gasteiger partial charge on any atom is 0.433 e. The Bertz CT molecular complexity index is 845. The zero-order valence-electron chi connectivity index (χ0n) is 11.4. The summed E-state index contributed by atoms with van der Waals surface area (Å²) >= 11 is 1.17. The van der Waals surface area contributed by atoms with Gasteiger partial charge in [-0.15, -0.1) is 11.3 Å². The molecule has 0 radical (unpaired) electrons. The number of para-hydroxylation sites is 1. The number of alkyl halides is 3. The van der Waals surface area contributed by atoms with Gasteiger partial charge in [0.05, 0.1) is 10.2 Å². The fourth-order valence-electron chi connectivity index (χ4n) is 2.04. The number of nitrogens with zero attached hydrogens (tertiary/aromatic N) is 3. The van der Waals surface area contributed by atoms with Crippen LogP contribution in [-0.2, 0) is 11.0 Å². The van der Waals surface area contributed by atoms with Gasteiger partial charge < -0.3 is 5.73 Å². The van der Waals surface area contributed by atoms with E-state index in [0.717, 1.165) is 17.0 Å². The number of benzene rings is 1. The quantitative estimate of drug-likeness (QED) is 0.796. The highest BCUT2D eigenvalue weighted by molar-refractivity contribution is 7.18. The largest absolute Gasteiger partial charge is 0.433 e. The zero-order chi connectivity index (χ0) is 16.6. The van der Waals surface area contributed by atoms with E-state index in [4.69, 9.17) is 5.73 Å². The van der Waals surface area contributed by atoms with Gasteiger partial charge in [0.1, 0.15) is 22.4 Å². The van der Waals surface area contributed by atoms with Crippen molar-refractivity contribution in [1.82, 2.24) is 15.0 Å². The SMILES string of the molecule is NC(=O)C(c1nccc(C(F)(F)F)n1)c1nc2ccccc2s1. The van der Waals surface area contributed by atoms with Crippen molar-refractivity contribution in [3.8, 4) is 0 Å². The van der Waals surface area contributed by atoms with Gasteiger partial charge in [0, 0.05) is 6.20 Å². The lowest BCUT2D eigenvalue weighted by atomic mass is 10.1. The Morgan fingerprint density at radius 1 is 1.17 bits per heavy atom. The lowest BCUT2D eigenvalue weighted by Crippen LogP contribution is -2.25. The third kappa shape index (κ3) is 3.00. The summed E-state index contributed by atoms with van der Waals surface area (Å²) in [6.07, 6.45) is -3.68. The number of hydrogen-bond donors (Lipinski definition) is 1. The van der Waals surface area contributed by atoms with Crippen LogP contribution in [0.2, 0.25) is 0 Å². The molecule has 9 heteroatoms. The number of hydrogen-bond acceptors (Lipinski definition) is 5. The average Bonchev–Trinajstić information content (AvgIpc) is 2.89. The van der Waals surface area contributed by atoms with E-state index in [2.05, 4.69) is 15.0 Å². The first-order valence-electron chi connectivity index (χ1n) is 6.41. The molecule has 2 N–H and O–H groups in total. The van der Waals surface area contributed by atoms with Crippen molar-refractivity contribution in [3.05, 3.63) is 53.1 Å². The average molecular weight is 338 g/mol. The van der Waals surface area contributed by atoms with Gasteiger partial charge in [0.25, 0.3) is 0 Å². The number of amides is 1. The molecule has 3 aromatic rings. The molecule has 1 unspecified atom stereocenters. The molecule has 1 aromatic carbocycles. The third-order valence-corrected chi connectivity index (χ3v) is 4.17. The molecule has 0 aliphatic rings. The minimum atomic E-state index is -4.63. The first-order valence-corrected chi connectivity index (χ1v) is 7.23. The van der Waals surface area contributed by atoms with Gasteiger partial charge in [-0.2, -0.15) is 13.2 Å². The normalized spacial score (nSPS) is 13.2. The van der Waals surface area contributed by atoms with Gasteiger partial charge in [0.2, 0.25) is 5.91 Å². The minimum absolute atomic E-state index is 0.262. The lowest BCUT2D eigenvalue weighted by molar-refractivity contribution is -0.141. The Labute approximate surface area is 132 Å². The monoisotopic (exact) mass is 338 g/mol. The highest BCUT2D eigenvalue weighted by Gasteiger charge is 2.35. The Morgan fingerprint density at radius 2 is 1.91 bits per heavy atom. The van der Waals surface area contributed by atoms with Crippen molar-refractivity contribution in [2.75, 3.05) is 0 Å². The van der Waals surface area contributed by atoms with Crippen molar-refractivity contribution in [2.24, 2.45) is 5.73 Å². The highest BCUT2D eigenvalue weighted by atomic mass is 32.1. The van der Waals surface area contributed by atoms with E-state index in [0.29, 0.717) is 5.52 Å². The van der Waals surface area contributed by atoms with E-state index in [1.54, 1.807) is 24.3 Å². The maximum atomic E-state index is 12.8. The van der Waals surface area contributed by atoms with Crippen LogP contribution in [0.4, 0.5) is 13.2 Å². The van der Waals surface area contributed by atoms with Crippen molar-refractivity contribution >= 4 is 27.5 Å². The summed E-state index contributed by atoms with van der Waals surface area (Å²) in [6.45, 7) is 0. The Balaban J connectivity index is 2.11. The molecule has 0 saturated heterocycles. The molecule has 3 rings (SSSR count). The van der Waals surface area contributed by atoms with Crippen LogP contribution in [-0.4, -0.2) is 20.9 Å². The summed E-state index contributed by atoms with van der Waals surface area (Å²) in [5.74, 6) is -2.40. The number of carbonyl (C=O) groups is 1. The second-order valence-corrected chi connectivity index (χ2v) is 5.72. The summed E-state index contributed by atoms with van der Waals surface area (Å²) in [6, 6.07) is 7.83. The summed E-state index contributed by atoms with van der Waals surface area (Å²) in [5.41, 5.74) is 4.85. The molecule has 2 heterocycles. The molecule has 1 atom stereocenters. The molecule has 0 aliphatic carbocycles. The van der Waals surface area contributed by atoms with Crippen LogP contribution in [0, 0.1) is 0 Å². The van der Waals surface area contributed by atoms with Gasteiger partial charge in [0.15, 0.2) is 0 Å². The summed E-state index contributed by atoms with van der Waals surface area (Å²) in [7, 11) is 0. The van der Waals surface area contributed by atoms with Crippen molar-refractivity contribution in [1.29, 1.82) is 0 Å². The zero-order valence-corrected chi connectivity index (χ0v) is 12.2. The predicted octanol–water partition coefficient (Wildman–Crippen LogP) is 2.72. The second kappa shape index (κ2) is 5.58. The van der Waals surface area contributed by atoms with Crippen molar-refractivity contribution in [3.63, 3.8) is 0 Å². The van der Waals surface area contributed by atoms with Gasteiger partial charge in [-0.25, -0.2) is 15.0 Å². The van der Waals surface area contributed by atoms with E-state index < -0.39 is 23.7 Å². The van der Waals surface area contributed by atoms with Crippen LogP contribution in [0.25, 0.3) is 10.2 Å². The van der Waals surface area contributed by atoms with E-state index in [9.17, 15) is 18.0 Å². The summed E-state index contributed by atoms with van der Waals surface area (Å²) in [5, 5.41) is 0.262. The molecule has 0 saturated carbocycles. The number of nitrogens with two attached hydrogens (primary N) is 1. The number of fused-ring (bicyclic) bond motifs is 1. The Kier molecular flexibility index (Phi) is 3.72. The third-order valence-electron chi connectivity index (χ3n) is 3.06.